The average Bonchev–Trinajstić information content (AvgIpc) is 1.85. The van der Waals surface area contributed by atoms with Crippen LogP contribution in [0, 0.1) is 0 Å². The molecular formula is C6H15N3. The highest BCUT2D eigenvalue weighted by atomic mass is 15.4. The number of rotatable bonds is 4. The summed E-state index contributed by atoms with van der Waals surface area (Å²) in [6, 6.07) is 0. The van der Waals surface area contributed by atoms with Gasteiger partial charge < -0.3 is 0 Å². The van der Waals surface area contributed by atoms with Crippen LogP contribution in [0.3, 0.4) is 0 Å². The van der Waals surface area contributed by atoms with Gasteiger partial charge in [0.05, 0.1) is 0 Å². The van der Waals surface area contributed by atoms with Crippen LogP contribution in [0.5, 0.6) is 0 Å². The Labute approximate surface area is 56.5 Å². The molecule has 0 aromatic heterocycles. The van der Waals surface area contributed by atoms with Crippen molar-refractivity contribution in [2.24, 2.45) is 10.8 Å². The lowest BCUT2D eigenvalue weighted by atomic mass is 10.4. The summed E-state index contributed by atoms with van der Waals surface area (Å²) in [4.78, 5) is 3.81. The second kappa shape index (κ2) is 5.72. The largest absolute Gasteiger partial charge is 0.299 e. The zero-order valence-corrected chi connectivity index (χ0v) is 6.17. The van der Waals surface area contributed by atoms with E-state index in [1.807, 2.05) is 0 Å². The first-order valence-corrected chi connectivity index (χ1v) is 3.21. The third kappa shape index (κ3) is 5.46. The standard InChI is InChI=1S/C6H15N3/c1-3-5-9(7)6-4-8-2/h4H,3,5-7H2,1-2H3. The Morgan fingerprint density at radius 3 is 2.78 bits per heavy atom. The van der Waals surface area contributed by atoms with Crippen LogP contribution < -0.4 is 5.84 Å². The maximum Gasteiger partial charge on any atom is 0.0478 e. The predicted octanol–water partition coefficient (Wildman–Crippen LogP) is 0.273. The zero-order chi connectivity index (χ0) is 7.11. The number of aliphatic imine (C=N–C) groups is 1. The van der Waals surface area contributed by atoms with Gasteiger partial charge in [0.1, 0.15) is 0 Å². The SMILES string of the molecule is CCCN(N)CC=NC. The highest BCUT2D eigenvalue weighted by molar-refractivity contribution is 5.59. The summed E-state index contributed by atoms with van der Waals surface area (Å²) < 4.78 is 0. The van der Waals surface area contributed by atoms with E-state index in [2.05, 4.69) is 11.9 Å². The molecule has 0 bridgehead atoms. The molecule has 54 valence electrons. The number of hydrazine groups is 1. The fourth-order valence-corrected chi connectivity index (χ4v) is 0.565. The van der Waals surface area contributed by atoms with Gasteiger partial charge in [0.15, 0.2) is 0 Å². The molecule has 0 heterocycles. The first kappa shape index (κ1) is 8.59. The van der Waals surface area contributed by atoms with E-state index < -0.39 is 0 Å². The van der Waals surface area contributed by atoms with Crippen molar-refractivity contribution in [1.29, 1.82) is 0 Å². The molecule has 0 atom stereocenters. The number of nitrogens with two attached hydrogens (primary N) is 1. The third-order valence-electron chi connectivity index (χ3n) is 1.01. The van der Waals surface area contributed by atoms with Crippen molar-refractivity contribution < 1.29 is 0 Å². The van der Waals surface area contributed by atoms with Gasteiger partial charge in [-0.2, -0.15) is 0 Å². The molecule has 0 aromatic carbocycles. The first-order valence-electron chi connectivity index (χ1n) is 3.21. The van der Waals surface area contributed by atoms with E-state index in [0.717, 1.165) is 19.5 Å². The summed E-state index contributed by atoms with van der Waals surface area (Å²) in [5.74, 6) is 5.51. The van der Waals surface area contributed by atoms with Crippen molar-refractivity contribution in [2.45, 2.75) is 13.3 Å². The van der Waals surface area contributed by atoms with Crippen LogP contribution in [0.15, 0.2) is 4.99 Å². The summed E-state index contributed by atoms with van der Waals surface area (Å²) in [5, 5.41) is 1.74. The molecule has 9 heavy (non-hydrogen) atoms. The summed E-state index contributed by atoms with van der Waals surface area (Å²) in [5.41, 5.74) is 0. The monoisotopic (exact) mass is 129 g/mol. The first-order chi connectivity index (χ1) is 4.31. The van der Waals surface area contributed by atoms with E-state index in [1.54, 1.807) is 18.3 Å². The van der Waals surface area contributed by atoms with Crippen LogP contribution in [0.25, 0.3) is 0 Å². The van der Waals surface area contributed by atoms with Gasteiger partial charge in [0.25, 0.3) is 0 Å². The summed E-state index contributed by atoms with van der Waals surface area (Å²) in [6.45, 7) is 3.79. The lowest BCUT2D eigenvalue weighted by Gasteiger charge is -2.10. The van der Waals surface area contributed by atoms with Crippen molar-refractivity contribution in [3.63, 3.8) is 0 Å². The van der Waals surface area contributed by atoms with Gasteiger partial charge in [-0.3, -0.25) is 10.8 Å². The van der Waals surface area contributed by atoms with Gasteiger partial charge in [-0.15, -0.1) is 0 Å². The van der Waals surface area contributed by atoms with Gasteiger partial charge in [0, 0.05) is 26.4 Å². The Hall–Kier alpha value is -0.410. The second-order valence-corrected chi connectivity index (χ2v) is 1.94. The minimum Gasteiger partial charge on any atom is -0.299 e. The molecule has 0 spiro atoms. The molecule has 0 aliphatic heterocycles. The zero-order valence-electron chi connectivity index (χ0n) is 6.17. The lowest BCUT2D eigenvalue weighted by Crippen LogP contribution is -2.33. The Morgan fingerprint density at radius 1 is 1.67 bits per heavy atom. The van der Waals surface area contributed by atoms with Crippen molar-refractivity contribution in [2.75, 3.05) is 20.1 Å². The summed E-state index contributed by atoms with van der Waals surface area (Å²) >= 11 is 0. The Bertz CT molecular complexity index is 80.4. The van der Waals surface area contributed by atoms with E-state index in [0.29, 0.717) is 0 Å². The fraction of sp³-hybridized carbons (Fsp3) is 0.833. The normalized spacial score (nSPS) is 11.6. The molecule has 0 amide bonds. The molecule has 0 unspecified atom stereocenters. The minimum atomic E-state index is 0.754. The Kier molecular flexibility index (Phi) is 5.46. The quantitative estimate of drug-likeness (QED) is 0.336. The molecule has 0 radical (unpaired) electrons. The number of nitrogens with zero attached hydrogens (tertiary/aromatic N) is 2. The second-order valence-electron chi connectivity index (χ2n) is 1.94. The summed E-state index contributed by atoms with van der Waals surface area (Å²) in [6.07, 6.45) is 2.89. The molecule has 3 heteroatoms. The fourth-order valence-electron chi connectivity index (χ4n) is 0.565. The predicted molar refractivity (Wildman–Crippen MR) is 40.5 cm³/mol. The lowest BCUT2D eigenvalue weighted by molar-refractivity contribution is 0.327. The van der Waals surface area contributed by atoms with E-state index >= 15 is 0 Å². The van der Waals surface area contributed by atoms with E-state index in [4.69, 9.17) is 5.84 Å². The maximum atomic E-state index is 5.51. The average molecular weight is 129 g/mol. The minimum absolute atomic E-state index is 0.754. The molecule has 0 aliphatic carbocycles. The van der Waals surface area contributed by atoms with Crippen LogP contribution in [0.4, 0.5) is 0 Å². The smallest absolute Gasteiger partial charge is 0.0478 e. The molecular weight excluding hydrogens is 114 g/mol. The Balaban J connectivity index is 3.15. The van der Waals surface area contributed by atoms with Crippen molar-refractivity contribution in [1.82, 2.24) is 5.01 Å². The molecule has 0 saturated heterocycles. The number of hydrogen-bond donors (Lipinski definition) is 1. The molecule has 0 rings (SSSR count). The van der Waals surface area contributed by atoms with Gasteiger partial charge in [-0.25, -0.2) is 5.01 Å². The molecule has 2 N–H and O–H groups in total. The Morgan fingerprint density at radius 2 is 2.33 bits per heavy atom. The van der Waals surface area contributed by atoms with Crippen molar-refractivity contribution in [3.8, 4) is 0 Å². The van der Waals surface area contributed by atoms with E-state index in [-0.39, 0.29) is 0 Å². The van der Waals surface area contributed by atoms with Crippen molar-refractivity contribution >= 4 is 6.21 Å². The molecule has 0 saturated carbocycles. The van der Waals surface area contributed by atoms with E-state index in [9.17, 15) is 0 Å². The van der Waals surface area contributed by atoms with Gasteiger partial charge in [-0.1, -0.05) is 6.92 Å². The van der Waals surface area contributed by atoms with E-state index in [1.165, 1.54) is 0 Å². The van der Waals surface area contributed by atoms with Crippen LogP contribution in [0.2, 0.25) is 0 Å². The van der Waals surface area contributed by atoms with Crippen LogP contribution in [-0.2, 0) is 0 Å². The highest BCUT2D eigenvalue weighted by Gasteiger charge is 1.90. The molecule has 3 nitrogen and oxygen atoms in total. The van der Waals surface area contributed by atoms with Crippen LogP contribution in [-0.4, -0.2) is 31.4 Å². The van der Waals surface area contributed by atoms with Crippen molar-refractivity contribution in [3.05, 3.63) is 0 Å². The molecule has 0 aliphatic rings. The van der Waals surface area contributed by atoms with Gasteiger partial charge in [0.2, 0.25) is 0 Å². The van der Waals surface area contributed by atoms with Crippen LogP contribution >= 0.6 is 0 Å². The number of hydrogen-bond acceptors (Lipinski definition) is 3. The third-order valence-corrected chi connectivity index (χ3v) is 1.01. The van der Waals surface area contributed by atoms with Crippen LogP contribution in [0.1, 0.15) is 13.3 Å². The topological polar surface area (TPSA) is 41.6 Å². The summed E-state index contributed by atoms with van der Waals surface area (Å²) in [7, 11) is 1.75. The molecule has 0 aromatic rings. The van der Waals surface area contributed by atoms with Gasteiger partial charge >= 0.3 is 0 Å². The maximum absolute atomic E-state index is 5.51. The molecule has 0 fully saturated rings. The van der Waals surface area contributed by atoms with Gasteiger partial charge in [-0.05, 0) is 6.42 Å². The highest BCUT2D eigenvalue weighted by Crippen LogP contribution is 1.78.